The van der Waals surface area contributed by atoms with E-state index >= 15 is 0 Å². The number of benzene rings is 1. The van der Waals surface area contributed by atoms with Gasteiger partial charge in [-0.3, -0.25) is 14.9 Å². The maximum absolute atomic E-state index is 12.1. The second kappa shape index (κ2) is 7.06. The highest BCUT2D eigenvalue weighted by molar-refractivity contribution is 6.44. The molecule has 6 nitrogen and oxygen atoms in total. The summed E-state index contributed by atoms with van der Waals surface area (Å²) in [5, 5.41) is 13.5. The van der Waals surface area contributed by atoms with Gasteiger partial charge in [0.2, 0.25) is 0 Å². The van der Waals surface area contributed by atoms with Gasteiger partial charge in [0.15, 0.2) is 0 Å². The third kappa shape index (κ3) is 4.06. The molecule has 0 aromatic heterocycles. The molecule has 1 fully saturated rings. The van der Waals surface area contributed by atoms with Crippen LogP contribution in [0.1, 0.15) is 23.2 Å². The van der Waals surface area contributed by atoms with E-state index in [9.17, 15) is 14.9 Å². The molecule has 0 bridgehead atoms. The number of carbonyl (C=O) groups is 1. The summed E-state index contributed by atoms with van der Waals surface area (Å²) in [6.07, 6.45) is 1.78. The third-order valence-electron chi connectivity index (χ3n) is 3.33. The summed E-state index contributed by atoms with van der Waals surface area (Å²) < 4.78 is 5.25. The van der Waals surface area contributed by atoms with Crippen LogP contribution in [0.4, 0.5) is 5.69 Å². The molecule has 1 aliphatic heterocycles. The number of amides is 1. The lowest BCUT2D eigenvalue weighted by molar-refractivity contribution is -0.384. The Kier molecular flexibility index (Phi) is 5.39. The van der Waals surface area contributed by atoms with Crippen molar-refractivity contribution in [3.8, 4) is 0 Å². The molecule has 1 unspecified atom stereocenters. The molecule has 1 atom stereocenters. The first-order valence-electron chi connectivity index (χ1n) is 6.48. The van der Waals surface area contributed by atoms with Gasteiger partial charge in [-0.25, -0.2) is 0 Å². The van der Waals surface area contributed by atoms with E-state index in [-0.39, 0.29) is 21.3 Å². The zero-order valence-electron chi connectivity index (χ0n) is 11.1. The van der Waals surface area contributed by atoms with E-state index < -0.39 is 10.8 Å². The normalized spacial score (nSPS) is 17.7. The van der Waals surface area contributed by atoms with Gasteiger partial charge in [0.1, 0.15) is 0 Å². The van der Waals surface area contributed by atoms with E-state index in [4.69, 9.17) is 27.9 Å². The highest BCUT2D eigenvalue weighted by Gasteiger charge is 2.20. The molecule has 1 saturated heterocycles. The summed E-state index contributed by atoms with van der Waals surface area (Å²) in [5.74, 6) is -0.0287. The van der Waals surface area contributed by atoms with Gasteiger partial charge >= 0.3 is 0 Å². The molecule has 1 N–H and O–H groups in total. The largest absolute Gasteiger partial charge is 0.381 e. The number of halogens is 2. The number of carbonyl (C=O) groups excluding carboxylic acids is 1. The lowest BCUT2D eigenvalue weighted by Crippen LogP contribution is -2.26. The monoisotopic (exact) mass is 332 g/mol. The van der Waals surface area contributed by atoms with Crippen molar-refractivity contribution in [3.05, 3.63) is 37.9 Å². The Morgan fingerprint density at radius 3 is 2.86 bits per heavy atom. The number of nitro groups is 1. The molecule has 21 heavy (non-hydrogen) atoms. The van der Waals surface area contributed by atoms with Gasteiger partial charge in [0.05, 0.1) is 20.5 Å². The van der Waals surface area contributed by atoms with Crippen molar-refractivity contribution >= 4 is 34.8 Å². The minimum atomic E-state index is -0.616. The molecule has 114 valence electrons. The minimum absolute atomic E-state index is 0.0125. The van der Waals surface area contributed by atoms with Crippen molar-refractivity contribution < 1.29 is 14.5 Å². The summed E-state index contributed by atoms with van der Waals surface area (Å²) in [6, 6.07) is 2.25. The second-order valence-corrected chi connectivity index (χ2v) is 5.61. The number of ether oxygens (including phenoxy) is 1. The van der Waals surface area contributed by atoms with Crippen LogP contribution in [0, 0.1) is 16.0 Å². The molecule has 0 spiro atoms. The van der Waals surface area contributed by atoms with E-state index in [1.54, 1.807) is 0 Å². The second-order valence-electron chi connectivity index (χ2n) is 4.82. The molecule has 8 heteroatoms. The SMILES string of the molecule is O=C(NCCC1CCOC1)c1cc([N+](=O)[O-])cc(Cl)c1Cl. The maximum atomic E-state index is 12.1. The molecular weight excluding hydrogens is 319 g/mol. The Morgan fingerprint density at radius 1 is 1.48 bits per heavy atom. The summed E-state index contributed by atoms with van der Waals surface area (Å²) in [6.45, 7) is 1.92. The lowest BCUT2D eigenvalue weighted by atomic mass is 10.1. The van der Waals surface area contributed by atoms with Crippen molar-refractivity contribution in [1.82, 2.24) is 5.32 Å². The topological polar surface area (TPSA) is 81.5 Å². The quantitative estimate of drug-likeness (QED) is 0.663. The number of hydrogen-bond acceptors (Lipinski definition) is 4. The van der Waals surface area contributed by atoms with Crippen molar-refractivity contribution in [3.63, 3.8) is 0 Å². The van der Waals surface area contributed by atoms with Crippen LogP contribution in [-0.4, -0.2) is 30.6 Å². The highest BCUT2D eigenvalue weighted by atomic mass is 35.5. The smallest absolute Gasteiger partial charge is 0.271 e. The van der Waals surface area contributed by atoms with Gasteiger partial charge in [-0.2, -0.15) is 0 Å². The van der Waals surface area contributed by atoms with Crippen LogP contribution < -0.4 is 5.32 Å². The Balaban J connectivity index is 2.02. The zero-order valence-corrected chi connectivity index (χ0v) is 12.6. The average Bonchev–Trinajstić information content (AvgIpc) is 2.94. The molecule has 0 aliphatic carbocycles. The van der Waals surface area contributed by atoms with E-state index in [2.05, 4.69) is 5.32 Å². The molecule has 1 amide bonds. The summed E-state index contributed by atoms with van der Waals surface area (Å²) in [5.41, 5.74) is -0.253. The number of nitrogens with zero attached hydrogens (tertiary/aromatic N) is 1. The van der Waals surface area contributed by atoms with Crippen molar-refractivity contribution in [2.75, 3.05) is 19.8 Å². The van der Waals surface area contributed by atoms with Crippen molar-refractivity contribution in [2.45, 2.75) is 12.8 Å². The predicted molar refractivity (Wildman–Crippen MR) is 79.0 cm³/mol. The van der Waals surface area contributed by atoms with Crippen LogP contribution in [0.5, 0.6) is 0 Å². The summed E-state index contributed by atoms with van der Waals surface area (Å²) >= 11 is 11.7. The van der Waals surface area contributed by atoms with Gasteiger partial charge in [-0.15, -0.1) is 0 Å². The first-order chi connectivity index (χ1) is 9.99. The van der Waals surface area contributed by atoms with E-state index in [1.807, 2.05) is 0 Å². The molecule has 1 heterocycles. The van der Waals surface area contributed by atoms with Gasteiger partial charge in [-0.05, 0) is 18.8 Å². The standard InChI is InChI=1S/C13H14Cl2N2O4/c14-11-6-9(17(19)20)5-10(12(11)15)13(18)16-3-1-8-2-4-21-7-8/h5-6,8H,1-4,7H2,(H,16,18). The molecule has 0 radical (unpaired) electrons. The van der Waals surface area contributed by atoms with Crippen LogP contribution in [0.2, 0.25) is 10.0 Å². The van der Waals surface area contributed by atoms with Crippen molar-refractivity contribution in [1.29, 1.82) is 0 Å². The van der Waals surface area contributed by atoms with Gasteiger partial charge in [0, 0.05) is 31.9 Å². The fourth-order valence-electron chi connectivity index (χ4n) is 2.14. The third-order valence-corrected chi connectivity index (χ3v) is 4.13. The minimum Gasteiger partial charge on any atom is -0.381 e. The van der Waals surface area contributed by atoms with E-state index in [0.29, 0.717) is 19.1 Å². The van der Waals surface area contributed by atoms with Gasteiger partial charge < -0.3 is 10.1 Å². The Morgan fingerprint density at radius 2 is 2.24 bits per heavy atom. The Hall–Kier alpha value is -1.37. The number of non-ortho nitro benzene ring substituents is 1. The summed E-state index contributed by atoms with van der Waals surface area (Å²) in [4.78, 5) is 22.2. The van der Waals surface area contributed by atoms with Crippen molar-refractivity contribution in [2.24, 2.45) is 5.92 Å². The number of nitro benzene ring substituents is 1. The molecule has 0 saturated carbocycles. The maximum Gasteiger partial charge on any atom is 0.271 e. The van der Waals surface area contributed by atoms with Gasteiger partial charge in [-0.1, -0.05) is 23.2 Å². The fraction of sp³-hybridized carbons (Fsp3) is 0.462. The van der Waals surface area contributed by atoms with Crippen LogP contribution in [0.15, 0.2) is 12.1 Å². The number of hydrogen-bond donors (Lipinski definition) is 1. The van der Waals surface area contributed by atoms with E-state index in [0.717, 1.165) is 31.6 Å². The van der Waals surface area contributed by atoms with Crippen LogP contribution in [-0.2, 0) is 4.74 Å². The number of rotatable bonds is 5. The Bertz CT molecular complexity index is 559. The summed E-state index contributed by atoms with van der Waals surface area (Å²) in [7, 11) is 0. The predicted octanol–water partition coefficient (Wildman–Crippen LogP) is 3.06. The number of nitrogens with one attached hydrogen (secondary N) is 1. The molecule has 1 aromatic rings. The molecule has 2 rings (SSSR count). The first-order valence-corrected chi connectivity index (χ1v) is 7.24. The average molecular weight is 333 g/mol. The van der Waals surface area contributed by atoms with E-state index in [1.165, 1.54) is 0 Å². The highest BCUT2D eigenvalue weighted by Crippen LogP contribution is 2.30. The van der Waals surface area contributed by atoms with Crippen LogP contribution in [0.25, 0.3) is 0 Å². The lowest BCUT2D eigenvalue weighted by Gasteiger charge is -2.10. The Labute approximate surface area is 131 Å². The zero-order chi connectivity index (χ0) is 15.4. The first kappa shape index (κ1) is 16.0. The molecule has 1 aromatic carbocycles. The van der Waals surface area contributed by atoms with Crippen LogP contribution >= 0.6 is 23.2 Å². The van der Waals surface area contributed by atoms with Gasteiger partial charge in [0.25, 0.3) is 11.6 Å². The molecule has 1 aliphatic rings. The molecular formula is C13H14Cl2N2O4. The fourth-order valence-corrected chi connectivity index (χ4v) is 2.55. The van der Waals surface area contributed by atoms with Crippen LogP contribution in [0.3, 0.4) is 0 Å².